The summed E-state index contributed by atoms with van der Waals surface area (Å²) in [6.07, 6.45) is 0. The van der Waals surface area contributed by atoms with Crippen molar-refractivity contribution in [3.8, 4) is 0 Å². The van der Waals surface area contributed by atoms with E-state index in [1.165, 1.54) is 21.9 Å². The second-order valence-electron chi connectivity index (χ2n) is 5.83. The van der Waals surface area contributed by atoms with E-state index in [9.17, 15) is 0 Å². The van der Waals surface area contributed by atoms with Crippen LogP contribution in [0, 0.1) is 0 Å². The highest BCUT2D eigenvalue weighted by molar-refractivity contribution is 8.01. The third-order valence-corrected chi connectivity index (χ3v) is 5.17. The van der Waals surface area contributed by atoms with Crippen LogP contribution >= 0.6 is 11.8 Å². The van der Waals surface area contributed by atoms with Gasteiger partial charge in [-0.05, 0) is 49.6 Å². The second-order valence-corrected chi connectivity index (χ2v) is 8.08. The normalized spacial score (nSPS) is 20.5. The molecule has 0 N–H and O–H groups in total. The average molecular weight is 242 g/mol. The van der Waals surface area contributed by atoms with E-state index in [1.807, 2.05) is 0 Å². The van der Waals surface area contributed by atoms with Gasteiger partial charge in [0, 0.05) is 9.49 Å². The molecular weight excluding hydrogens is 224 g/mol. The lowest BCUT2D eigenvalue weighted by Gasteiger charge is -2.41. The minimum atomic E-state index is 0.192. The first kappa shape index (κ1) is 11.2. The fourth-order valence-electron chi connectivity index (χ4n) is 3.09. The zero-order chi connectivity index (χ0) is 12.3. The Balaban J connectivity index is 2.50. The van der Waals surface area contributed by atoms with Crippen molar-refractivity contribution in [1.82, 2.24) is 0 Å². The first-order valence-electron chi connectivity index (χ1n) is 6.15. The van der Waals surface area contributed by atoms with E-state index in [4.69, 9.17) is 0 Å². The maximum absolute atomic E-state index is 2.34. The van der Waals surface area contributed by atoms with Crippen molar-refractivity contribution in [1.29, 1.82) is 0 Å². The van der Waals surface area contributed by atoms with Crippen LogP contribution in [0.15, 0.2) is 36.4 Å². The van der Waals surface area contributed by atoms with Gasteiger partial charge >= 0.3 is 0 Å². The van der Waals surface area contributed by atoms with Gasteiger partial charge < -0.3 is 0 Å². The number of hydrogen-bond acceptors (Lipinski definition) is 1. The molecule has 2 aromatic carbocycles. The molecule has 0 spiro atoms. The van der Waals surface area contributed by atoms with Crippen LogP contribution in [0.3, 0.4) is 0 Å². The van der Waals surface area contributed by atoms with Gasteiger partial charge in [0.25, 0.3) is 0 Å². The molecule has 0 bridgehead atoms. The summed E-state index contributed by atoms with van der Waals surface area (Å²) in [6, 6.07) is 13.4. The molecule has 2 aromatic rings. The fraction of sp³-hybridized carbons (Fsp3) is 0.375. The van der Waals surface area contributed by atoms with Gasteiger partial charge in [-0.15, -0.1) is 11.8 Å². The third kappa shape index (κ3) is 1.52. The van der Waals surface area contributed by atoms with Gasteiger partial charge in [-0.3, -0.25) is 0 Å². The summed E-state index contributed by atoms with van der Waals surface area (Å²) in [4.78, 5) is 0. The predicted octanol–water partition coefficient (Wildman–Crippen LogP) is 5.06. The van der Waals surface area contributed by atoms with Crippen molar-refractivity contribution >= 4 is 22.5 Å². The van der Waals surface area contributed by atoms with Crippen LogP contribution in [0.1, 0.15) is 38.8 Å². The first-order chi connectivity index (χ1) is 7.92. The topological polar surface area (TPSA) is 0 Å². The SMILES string of the molecule is CC1(C)SC(C)(C)c2cccc3cccc1c23. The number of thioether (sulfide) groups is 1. The van der Waals surface area contributed by atoms with Gasteiger partial charge in [0.1, 0.15) is 0 Å². The molecule has 88 valence electrons. The largest absolute Gasteiger partial charge is 0.140 e. The smallest absolute Gasteiger partial charge is 0.0367 e. The van der Waals surface area contributed by atoms with Crippen LogP contribution in [-0.2, 0) is 9.49 Å². The fourth-order valence-corrected chi connectivity index (χ4v) is 4.93. The molecule has 1 aliphatic rings. The highest BCUT2D eigenvalue weighted by Gasteiger charge is 2.39. The number of rotatable bonds is 0. The van der Waals surface area contributed by atoms with Gasteiger partial charge in [-0.25, -0.2) is 0 Å². The van der Waals surface area contributed by atoms with E-state index < -0.39 is 0 Å². The van der Waals surface area contributed by atoms with Crippen molar-refractivity contribution in [2.45, 2.75) is 37.2 Å². The number of benzene rings is 2. The quantitative estimate of drug-likeness (QED) is 0.622. The van der Waals surface area contributed by atoms with Crippen LogP contribution < -0.4 is 0 Å². The summed E-state index contributed by atoms with van der Waals surface area (Å²) >= 11 is 2.06. The molecule has 0 nitrogen and oxygen atoms in total. The molecule has 17 heavy (non-hydrogen) atoms. The molecule has 1 heterocycles. The van der Waals surface area contributed by atoms with E-state index in [-0.39, 0.29) is 9.49 Å². The molecule has 0 fully saturated rings. The highest BCUT2D eigenvalue weighted by Crippen LogP contribution is 2.56. The zero-order valence-electron chi connectivity index (χ0n) is 10.9. The Morgan fingerprint density at radius 1 is 0.765 bits per heavy atom. The molecule has 1 heteroatoms. The molecular formula is C16H18S. The summed E-state index contributed by atoms with van der Waals surface area (Å²) in [5, 5.41) is 2.85. The van der Waals surface area contributed by atoms with Crippen LogP contribution in [0.5, 0.6) is 0 Å². The molecule has 0 unspecified atom stereocenters. The Labute approximate surface area is 107 Å². The zero-order valence-corrected chi connectivity index (χ0v) is 11.7. The van der Waals surface area contributed by atoms with Gasteiger partial charge in [0.2, 0.25) is 0 Å². The van der Waals surface area contributed by atoms with Crippen LogP contribution in [0.4, 0.5) is 0 Å². The minimum absolute atomic E-state index is 0.192. The molecule has 0 aromatic heterocycles. The molecule has 0 amide bonds. The maximum atomic E-state index is 2.34. The molecule has 1 aliphatic heterocycles. The van der Waals surface area contributed by atoms with Gasteiger partial charge in [0.15, 0.2) is 0 Å². The summed E-state index contributed by atoms with van der Waals surface area (Å²) in [5.41, 5.74) is 2.96. The predicted molar refractivity (Wildman–Crippen MR) is 77.6 cm³/mol. The van der Waals surface area contributed by atoms with E-state index in [2.05, 4.69) is 75.9 Å². The van der Waals surface area contributed by atoms with Crippen molar-refractivity contribution in [2.75, 3.05) is 0 Å². The minimum Gasteiger partial charge on any atom is -0.140 e. The monoisotopic (exact) mass is 242 g/mol. The molecule has 0 atom stereocenters. The summed E-state index contributed by atoms with van der Waals surface area (Å²) < 4.78 is 0.384. The van der Waals surface area contributed by atoms with E-state index in [0.717, 1.165) is 0 Å². The number of hydrogen-bond donors (Lipinski definition) is 0. The first-order valence-corrected chi connectivity index (χ1v) is 6.96. The molecule has 0 radical (unpaired) electrons. The van der Waals surface area contributed by atoms with E-state index in [0.29, 0.717) is 0 Å². The lowest BCUT2D eigenvalue weighted by atomic mass is 9.87. The van der Waals surface area contributed by atoms with Crippen molar-refractivity contribution in [3.63, 3.8) is 0 Å². The van der Waals surface area contributed by atoms with Gasteiger partial charge in [0.05, 0.1) is 0 Å². The molecule has 3 rings (SSSR count). The lowest BCUT2D eigenvalue weighted by Crippen LogP contribution is -2.28. The van der Waals surface area contributed by atoms with Crippen molar-refractivity contribution in [2.24, 2.45) is 0 Å². The molecule has 0 saturated heterocycles. The highest BCUT2D eigenvalue weighted by atomic mass is 32.2. The van der Waals surface area contributed by atoms with Crippen molar-refractivity contribution in [3.05, 3.63) is 47.5 Å². The van der Waals surface area contributed by atoms with Gasteiger partial charge in [-0.2, -0.15) is 0 Å². The second kappa shape index (κ2) is 3.29. The summed E-state index contributed by atoms with van der Waals surface area (Å²) in [5.74, 6) is 0. The Bertz CT molecular complexity index is 545. The molecule has 0 saturated carbocycles. The summed E-state index contributed by atoms with van der Waals surface area (Å²) in [6.45, 7) is 9.35. The molecule has 0 aliphatic carbocycles. The lowest BCUT2D eigenvalue weighted by molar-refractivity contribution is 0.705. The van der Waals surface area contributed by atoms with E-state index in [1.54, 1.807) is 0 Å². The Kier molecular flexibility index (Phi) is 2.16. The summed E-state index contributed by atoms with van der Waals surface area (Å²) in [7, 11) is 0. The third-order valence-electron chi connectivity index (χ3n) is 3.71. The average Bonchev–Trinajstić information content (AvgIpc) is 2.24. The van der Waals surface area contributed by atoms with Gasteiger partial charge in [-0.1, -0.05) is 36.4 Å². The van der Waals surface area contributed by atoms with Crippen LogP contribution in [-0.4, -0.2) is 0 Å². The van der Waals surface area contributed by atoms with E-state index >= 15 is 0 Å². The van der Waals surface area contributed by atoms with Crippen LogP contribution in [0.2, 0.25) is 0 Å². The Morgan fingerprint density at radius 3 is 1.71 bits per heavy atom. The Morgan fingerprint density at radius 2 is 1.24 bits per heavy atom. The standard InChI is InChI=1S/C16H18S/c1-15(2)12-9-5-7-11-8-6-10-13(14(11)12)16(3,4)17-15/h5-10H,1-4H3. The maximum Gasteiger partial charge on any atom is 0.0367 e. The van der Waals surface area contributed by atoms with Crippen molar-refractivity contribution < 1.29 is 0 Å². The Hall–Kier alpha value is -0.950. The van der Waals surface area contributed by atoms with Crippen LogP contribution in [0.25, 0.3) is 10.8 Å².